The Labute approximate surface area is 104 Å². The highest BCUT2D eigenvalue weighted by Crippen LogP contribution is 2.28. The third-order valence-electron chi connectivity index (χ3n) is 2.86. The zero-order valence-corrected chi connectivity index (χ0v) is 11.7. The normalized spacial score (nSPS) is 24.1. The summed E-state index contributed by atoms with van der Waals surface area (Å²) in [6, 6.07) is 0.270. The van der Waals surface area contributed by atoms with Crippen LogP contribution < -0.4 is 0 Å². The summed E-state index contributed by atoms with van der Waals surface area (Å²) in [6.07, 6.45) is 2.98. The van der Waals surface area contributed by atoms with Crippen LogP contribution in [0.25, 0.3) is 0 Å². The van der Waals surface area contributed by atoms with E-state index in [1.165, 1.54) is 0 Å². The van der Waals surface area contributed by atoms with E-state index in [2.05, 4.69) is 6.92 Å². The molecular weight excluding hydrogens is 218 g/mol. The second-order valence-electron chi connectivity index (χ2n) is 5.71. The van der Waals surface area contributed by atoms with Gasteiger partial charge in [0, 0.05) is 19.7 Å². The number of amides is 1. The third kappa shape index (κ3) is 4.54. The molecule has 0 unspecified atom stereocenters. The second-order valence-corrected chi connectivity index (χ2v) is 5.71. The first-order valence-corrected chi connectivity index (χ1v) is 6.41. The van der Waals surface area contributed by atoms with E-state index in [4.69, 9.17) is 9.47 Å². The summed E-state index contributed by atoms with van der Waals surface area (Å²) in [5, 5.41) is 0. The topological polar surface area (TPSA) is 38.8 Å². The van der Waals surface area contributed by atoms with Gasteiger partial charge in [0.25, 0.3) is 0 Å². The fraction of sp³-hybridized carbons (Fsp3) is 0.923. The first kappa shape index (κ1) is 14.3. The average Bonchev–Trinajstić information content (AvgIpc) is 2.12. The third-order valence-corrected chi connectivity index (χ3v) is 2.86. The van der Waals surface area contributed by atoms with Gasteiger partial charge in [-0.1, -0.05) is 6.92 Å². The van der Waals surface area contributed by atoms with Crippen LogP contribution in [-0.2, 0) is 9.47 Å². The molecule has 4 nitrogen and oxygen atoms in total. The maximum absolute atomic E-state index is 11.8. The predicted octanol–water partition coefficient (Wildman–Crippen LogP) is 2.81. The van der Waals surface area contributed by atoms with Crippen LogP contribution in [-0.4, -0.2) is 42.4 Å². The zero-order chi connectivity index (χ0) is 13.1. The summed E-state index contributed by atoms with van der Waals surface area (Å²) >= 11 is 0. The number of carbonyl (C=O) groups is 1. The van der Waals surface area contributed by atoms with Crippen molar-refractivity contribution in [3.05, 3.63) is 0 Å². The first-order chi connectivity index (χ1) is 7.83. The molecule has 0 atom stereocenters. The Morgan fingerprint density at radius 1 is 1.35 bits per heavy atom. The number of rotatable bonds is 4. The van der Waals surface area contributed by atoms with Crippen LogP contribution in [0.5, 0.6) is 0 Å². The molecule has 1 rings (SSSR count). The molecule has 0 spiro atoms. The van der Waals surface area contributed by atoms with Crippen LogP contribution >= 0.6 is 0 Å². The Balaban J connectivity index is 2.27. The van der Waals surface area contributed by atoms with Gasteiger partial charge in [-0.05, 0) is 40.0 Å². The van der Waals surface area contributed by atoms with Crippen molar-refractivity contribution in [3.63, 3.8) is 0 Å². The summed E-state index contributed by atoms with van der Waals surface area (Å²) in [4.78, 5) is 13.5. The molecule has 0 bridgehead atoms. The molecule has 1 amide bonds. The van der Waals surface area contributed by atoms with Crippen molar-refractivity contribution < 1.29 is 14.3 Å². The molecule has 1 fully saturated rings. The van der Waals surface area contributed by atoms with Crippen molar-refractivity contribution in [1.29, 1.82) is 0 Å². The molecule has 0 radical (unpaired) electrons. The van der Waals surface area contributed by atoms with Crippen molar-refractivity contribution in [2.75, 3.05) is 13.7 Å². The summed E-state index contributed by atoms with van der Waals surface area (Å²) in [6.45, 7) is 8.56. The number of hydrogen-bond donors (Lipinski definition) is 0. The van der Waals surface area contributed by atoms with Crippen LogP contribution in [0.4, 0.5) is 4.79 Å². The Morgan fingerprint density at radius 2 is 1.94 bits per heavy atom. The molecular formula is C13H25NO3. The van der Waals surface area contributed by atoms with E-state index in [0.29, 0.717) is 6.10 Å². The molecule has 4 heteroatoms. The lowest BCUT2D eigenvalue weighted by atomic mass is 9.88. The molecule has 0 aromatic carbocycles. The van der Waals surface area contributed by atoms with Gasteiger partial charge < -0.3 is 14.4 Å². The van der Waals surface area contributed by atoms with Crippen LogP contribution in [0, 0.1) is 0 Å². The molecule has 0 N–H and O–H groups in total. The minimum Gasteiger partial charge on any atom is -0.444 e. The number of ether oxygens (including phenoxy) is 2. The van der Waals surface area contributed by atoms with Gasteiger partial charge in [0.05, 0.1) is 6.10 Å². The van der Waals surface area contributed by atoms with Crippen molar-refractivity contribution in [2.24, 2.45) is 0 Å². The lowest BCUT2D eigenvalue weighted by Gasteiger charge is -2.41. The lowest BCUT2D eigenvalue weighted by molar-refractivity contribution is -0.0508. The van der Waals surface area contributed by atoms with E-state index in [-0.39, 0.29) is 12.1 Å². The highest BCUT2D eigenvalue weighted by molar-refractivity contribution is 5.68. The quantitative estimate of drug-likeness (QED) is 0.762. The Hall–Kier alpha value is -0.770. The molecule has 0 aromatic rings. The smallest absolute Gasteiger partial charge is 0.410 e. The van der Waals surface area contributed by atoms with Crippen molar-refractivity contribution in [1.82, 2.24) is 4.90 Å². The van der Waals surface area contributed by atoms with E-state index in [9.17, 15) is 4.79 Å². The average molecular weight is 243 g/mol. The Bertz CT molecular complexity index is 254. The molecule has 1 saturated carbocycles. The summed E-state index contributed by atoms with van der Waals surface area (Å²) < 4.78 is 10.9. The van der Waals surface area contributed by atoms with Gasteiger partial charge in [0.2, 0.25) is 0 Å². The molecule has 0 saturated heterocycles. The minimum absolute atomic E-state index is 0.239. The molecule has 1 aliphatic carbocycles. The fourth-order valence-electron chi connectivity index (χ4n) is 1.76. The molecule has 1 aliphatic rings. The van der Waals surface area contributed by atoms with Gasteiger partial charge in [0.1, 0.15) is 5.60 Å². The van der Waals surface area contributed by atoms with E-state index in [1.54, 1.807) is 11.9 Å². The maximum atomic E-state index is 11.8. The van der Waals surface area contributed by atoms with Gasteiger partial charge in [-0.15, -0.1) is 0 Å². The number of hydrogen-bond acceptors (Lipinski definition) is 3. The predicted molar refractivity (Wildman–Crippen MR) is 67.1 cm³/mol. The first-order valence-electron chi connectivity index (χ1n) is 6.41. The van der Waals surface area contributed by atoms with Gasteiger partial charge in [-0.3, -0.25) is 0 Å². The zero-order valence-electron chi connectivity index (χ0n) is 11.7. The molecule has 0 aliphatic heterocycles. The van der Waals surface area contributed by atoms with E-state index in [0.717, 1.165) is 25.9 Å². The van der Waals surface area contributed by atoms with Crippen LogP contribution in [0.1, 0.15) is 47.0 Å². The van der Waals surface area contributed by atoms with Crippen molar-refractivity contribution in [3.8, 4) is 0 Å². The van der Waals surface area contributed by atoms with Gasteiger partial charge in [0.15, 0.2) is 0 Å². The van der Waals surface area contributed by atoms with Crippen LogP contribution in [0.2, 0.25) is 0 Å². The van der Waals surface area contributed by atoms with Crippen LogP contribution in [0.15, 0.2) is 0 Å². The highest BCUT2D eigenvalue weighted by Gasteiger charge is 2.36. The maximum Gasteiger partial charge on any atom is 0.410 e. The Kier molecular flexibility index (Phi) is 4.80. The summed E-state index contributed by atoms with van der Waals surface area (Å²) in [5.41, 5.74) is -0.423. The largest absolute Gasteiger partial charge is 0.444 e. The fourth-order valence-corrected chi connectivity index (χ4v) is 1.76. The van der Waals surface area contributed by atoms with E-state index in [1.807, 2.05) is 20.8 Å². The SMILES string of the molecule is CCCO[C@H]1C[C@H](N(C)C(=O)OC(C)(C)C)C1. The van der Waals surface area contributed by atoms with E-state index >= 15 is 0 Å². The molecule has 100 valence electrons. The summed E-state index contributed by atoms with van der Waals surface area (Å²) in [7, 11) is 1.80. The lowest BCUT2D eigenvalue weighted by Crippen LogP contribution is -2.50. The molecule has 0 heterocycles. The minimum atomic E-state index is -0.423. The van der Waals surface area contributed by atoms with Gasteiger partial charge in [-0.2, -0.15) is 0 Å². The second kappa shape index (κ2) is 5.71. The van der Waals surface area contributed by atoms with Gasteiger partial charge >= 0.3 is 6.09 Å². The monoisotopic (exact) mass is 243 g/mol. The number of nitrogens with zero attached hydrogens (tertiary/aromatic N) is 1. The standard InChI is InChI=1S/C13H25NO3/c1-6-7-16-11-8-10(9-11)14(5)12(15)17-13(2,3)4/h10-11H,6-9H2,1-5H3/t10-,11-. The van der Waals surface area contributed by atoms with Crippen molar-refractivity contribution >= 4 is 6.09 Å². The van der Waals surface area contributed by atoms with Crippen LogP contribution in [0.3, 0.4) is 0 Å². The van der Waals surface area contributed by atoms with Crippen molar-refractivity contribution in [2.45, 2.75) is 64.7 Å². The molecule has 17 heavy (non-hydrogen) atoms. The highest BCUT2D eigenvalue weighted by atomic mass is 16.6. The molecule has 0 aromatic heterocycles. The van der Waals surface area contributed by atoms with E-state index < -0.39 is 5.60 Å². The van der Waals surface area contributed by atoms with Gasteiger partial charge in [-0.25, -0.2) is 4.79 Å². The Morgan fingerprint density at radius 3 is 2.41 bits per heavy atom. The summed E-state index contributed by atoms with van der Waals surface area (Å²) in [5.74, 6) is 0. The number of carbonyl (C=O) groups excluding carboxylic acids is 1.